The van der Waals surface area contributed by atoms with Crippen molar-refractivity contribution in [3.8, 4) is 0 Å². The maximum absolute atomic E-state index is 4.14. The molecule has 0 unspecified atom stereocenters. The molecule has 2 aromatic rings. The molecule has 0 fully saturated rings. The second-order valence-corrected chi connectivity index (χ2v) is 5.25. The zero-order valence-electron chi connectivity index (χ0n) is 9.40. The summed E-state index contributed by atoms with van der Waals surface area (Å²) in [6, 6.07) is 4.16. The zero-order chi connectivity index (χ0) is 11.6. The van der Waals surface area contributed by atoms with Gasteiger partial charge in [0.15, 0.2) is 5.82 Å². The van der Waals surface area contributed by atoms with Crippen molar-refractivity contribution in [2.75, 3.05) is 0 Å². The molecule has 2 aromatic heterocycles. The number of thiophene rings is 1. The first-order chi connectivity index (χ1) is 7.60. The van der Waals surface area contributed by atoms with Crippen molar-refractivity contribution in [2.45, 2.75) is 25.7 Å². The van der Waals surface area contributed by atoms with Gasteiger partial charge in [-0.1, -0.05) is 23.4 Å². The highest BCUT2D eigenvalue weighted by Gasteiger charge is 2.28. The van der Waals surface area contributed by atoms with Gasteiger partial charge < -0.3 is 0 Å². The highest BCUT2D eigenvalue weighted by Crippen LogP contribution is 2.30. The third-order valence-corrected chi connectivity index (χ3v) is 3.63. The lowest BCUT2D eigenvalue weighted by molar-refractivity contribution is 0.566. The molecule has 2 heterocycles. The zero-order valence-corrected chi connectivity index (χ0v) is 10.2. The van der Waals surface area contributed by atoms with Crippen LogP contribution in [0.1, 0.15) is 24.5 Å². The van der Waals surface area contributed by atoms with E-state index < -0.39 is 0 Å². The Kier molecular flexibility index (Phi) is 2.87. The minimum Gasteiger partial charge on any atom is -0.177 e. The Balaban J connectivity index is 2.15. The number of tetrazole rings is 1. The number of nitrogens with one attached hydrogen (secondary N) is 1. The van der Waals surface area contributed by atoms with Crippen LogP contribution in [0.3, 0.4) is 0 Å². The van der Waals surface area contributed by atoms with Crippen LogP contribution in [-0.2, 0) is 11.8 Å². The molecule has 0 spiro atoms. The lowest BCUT2D eigenvalue weighted by atomic mass is 9.82. The van der Waals surface area contributed by atoms with Crippen LogP contribution < -0.4 is 0 Å². The molecule has 0 aliphatic heterocycles. The molecule has 0 aliphatic rings. The van der Waals surface area contributed by atoms with E-state index in [0.717, 1.165) is 12.0 Å². The Bertz CT molecular complexity index is 456. The van der Waals surface area contributed by atoms with Gasteiger partial charge in [-0.3, -0.25) is 0 Å². The highest BCUT2D eigenvalue weighted by molar-refractivity contribution is 7.09. The molecule has 0 aromatic carbocycles. The van der Waals surface area contributed by atoms with Crippen LogP contribution in [0.25, 0.3) is 0 Å². The van der Waals surface area contributed by atoms with Crippen molar-refractivity contribution in [3.05, 3.63) is 40.4 Å². The van der Waals surface area contributed by atoms with Gasteiger partial charge in [0.25, 0.3) is 0 Å². The van der Waals surface area contributed by atoms with E-state index in [2.05, 4.69) is 58.6 Å². The quantitative estimate of drug-likeness (QED) is 0.826. The van der Waals surface area contributed by atoms with E-state index >= 15 is 0 Å². The second kappa shape index (κ2) is 4.17. The number of aromatic nitrogens is 4. The molecule has 0 radical (unpaired) electrons. The van der Waals surface area contributed by atoms with Crippen molar-refractivity contribution < 1.29 is 0 Å². The molecule has 1 N–H and O–H groups in total. The van der Waals surface area contributed by atoms with Crippen LogP contribution in [0.4, 0.5) is 0 Å². The number of nitrogens with zero attached hydrogens (tertiary/aromatic N) is 3. The van der Waals surface area contributed by atoms with E-state index in [-0.39, 0.29) is 5.41 Å². The Morgan fingerprint density at radius 1 is 1.56 bits per heavy atom. The van der Waals surface area contributed by atoms with Gasteiger partial charge in [-0.25, -0.2) is 0 Å². The topological polar surface area (TPSA) is 54.5 Å². The third kappa shape index (κ3) is 2.04. The standard InChI is InChI=1S/C11H14N4S/c1-8(7-9-5-4-6-16-9)11(2,3)10-12-14-15-13-10/h4-6H,1,7H2,2-3H3,(H,12,13,14,15). The molecule has 0 saturated heterocycles. The van der Waals surface area contributed by atoms with E-state index in [1.54, 1.807) is 11.3 Å². The molecule has 0 atom stereocenters. The molecular weight excluding hydrogens is 220 g/mol. The van der Waals surface area contributed by atoms with Crippen LogP contribution >= 0.6 is 11.3 Å². The van der Waals surface area contributed by atoms with Crippen LogP contribution in [-0.4, -0.2) is 20.6 Å². The molecular formula is C11H14N4S. The Hall–Kier alpha value is -1.49. The molecule has 0 saturated carbocycles. The summed E-state index contributed by atoms with van der Waals surface area (Å²) in [7, 11) is 0. The fraction of sp³-hybridized carbons (Fsp3) is 0.364. The molecule has 0 bridgehead atoms. The predicted octanol–water partition coefficient (Wildman–Crippen LogP) is 2.34. The van der Waals surface area contributed by atoms with Crippen molar-refractivity contribution >= 4 is 11.3 Å². The average Bonchev–Trinajstić information content (AvgIpc) is 2.89. The van der Waals surface area contributed by atoms with Gasteiger partial charge in [0.1, 0.15) is 0 Å². The number of rotatable bonds is 4. The SMILES string of the molecule is C=C(Cc1cccs1)C(C)(C)c1nn[nH]n1. The minimum atomic E-state index is -0.253. The molecule has 84 valence electrons. The van der Waals surface area contributed by atoms with E-state index in [1.165, 1.54) is 4.88 Å². The highest BCUT2D eigenvalue weighted by atomic mass is 32.1. The first-order valence-corrected chi connectivity index (χ1v) is 5.93. The van der Waals surface area contributed by atoms with Crippen LogP contribution in [0.15, 0.2) is 29.7 Å². The lowest BCUT2D eigenvalue weighted by Crippen LogP contribution is -2.22. The molecule has 0 amide bonds. The Morgan fingerprint density at radius 2 is 2.38 bits per heavy atom. The maximum atomic E-state index is 4.14. The minimum absolute atomic E-state index is 0.253. The number of H-pyrrole nitrogens is 1. The fourth-order valence-electron chi connectivity index (χ4n) is 1.43. The van der Waals surface area contributed by atoms with Gasteiger partial charge in [-0.2, -0.15) is 5.21 Å². The number of allylic oxidation sites excluding steroid dienone is 1. The van der Waals surface area contributed by atoms with Crippen molar-refractivity contribution in [3.63, 3.8) is 0 Å². The fourth-order valence-corrected chi connectivity index (χ4v) is 2.18. The van der Waals surface area contributed by atoms with Crippen LogP contribution in [0, 0.1) is 0 Å². The second-order valence-electron chi connectivity index (χ2n) is 4.22. The molecule has 16 heavy (non-hydrogen) atoms. The first kappa shape index (κ1) is 11.0. The maximum Gasteiger partial charge on any atom is 0.184 e. The van der Waals surface area contributed by atoms with Gasteiger partial charge in [0, 0.05) is 16.7 Å². The van der Waals surface area contributed by atoms with Crippen LogP contribution in [0.2, 0.25) is 0 Å². The summed E-state index contributed by atoms with van der Waals surface area (Å²) in [5.74, 6) is 0.689. The largest absolute Gasteiger partial charge is 0.184 e. The smallest absolute Gasteiger partial charge is 0.177 e. The predicted molar refractivity (Wildman–Crippen MR) is 64.4 cm³/mol. The lowest BCUT2D eigenvalue weighted by Gasteiger charge is -2.23. The van der Waals surface area contributed by atoms with Crippen LogP contribution in [0.5, 0.6) is 0 Å². The summed E-state index contributed by atoms with van der Waals surface area (Å²) < 4.78 is 0. The van der Waals surface area contributed by atoms with Gasteiger partial charge in [0.2, 0.25) is 0 Å². The first-order valence-electron chi connectivity index (χ1n) is 5.05. The third-order valence-electron chi connectivity index (χ3n) is 2.76. The summed E-state index contributed by atoms with van der Waals surface area (Å²) in [6.45, 7) is 8.27. The molecule has 2 rings (SSSR count). The number of hydrogen-bond acceptors (Lipinski definition) is 4. The average molecular weight is 234 g/mol. The normalized spacial score (nSPS) is 11.6. The van der Waals surface area contributed by atoms with E-state index in [0.29, 0.717) is 5.82 Å². The number of aromatic amines is 1. The molecule has 4 nitrogen and oxygen atoms in total. The van der Waals surface area contributed by atoms with Gasteiger partial charge in [0.05, 0.1) is 0 Å². The van der Waals surface area contributed by atoms with Crippen molar-refractivity contribution in [2.24, 2.45) is 0 Å². The van der Waals surface area contributed by atoms with Crippen molar-refractivity contribution in [1.82, 2.24) is 20.6 Å². The van der Waals surface area contributed by atoms with E-state index in [9.17, 15) is 0 Å². The van der Waals surface area contributed by atoms with Crippen molar-refractivity contribution in [1.29, 1.82) is 0 Å². The summed E-state index contributed by atoms with van der Waals surface area (Å²) in [6.07, 6.45) is 0.860. The summed E-state index contributed by atoms with van der Waals surface area (Å²) >= 11 is 1.74. The Morgan fingerprint density at radius 3 is 2.94 bits per heavy atom. The summed E-state index contributed by atoms with van der Waals surface area (Å²) in [5, 5.41) is 16.2. The van der Waals surface area contributed by atoms with Gasteiger partial charge in [-0.05, 0) is 25.3 Å². The monoisotopic (exact) mass is 234 g/mol. The van der Waals surface area contributed by atoms with E-state index in [1.807, 2.05) is 0 Å². The van der Waals surface area contributed by atoms with Gasteiger partial charge >= 0.3 is 0 Å². The number of hydrogen-bond donors (Lipinski definition) is 1. The van der Waals surface area contributed by atoms with E-state index in [4.69, 9.17) is 0 Å². The molecule has 0 aliphatic carbocycles. The van der Waals surface area contributed by atoms with Gasteiger partial charge in [-0.15, -0.1) is 21.5 Å². The molecule has 5 heteroatoms. The Labute approximate surface area is 98.4 Å². The summed E-state index contributed by atoms with van der Waals surface area (Å²) in [5.41, 5.74) is 0.841. The summed E-state index contributed by atoms with van der Waals surface area (Å²) in [4.78, 5) is 1.31.